The monoisotopic (exact) mass is 269 g/mol. The average molecular weight is 269 g/mol. The van der Waals surface area contributed by atoms with Crippen LogP contribution in [0.2, 0.25) is 0 Å². The fourth-order valence-corrected chi connectivity index (χ4v) is 5.92. The molecule has 2 unspecified atom stereocenters. The lowest BCUT2D eigenvalue weighted by atomic mass is 9.42. The summed E-state index contributed by atoms with van der Waals surface area (Å²) in [5.74, 6) is 1.81. The van der Waals surface area contributed by atoms with Gasteiger partial charge in [0, 0.05) is 7.05 Å². The van der Waals surface area contributed by atoms with Crippen LogP contribution >= 0.6 is 0 Å². The minimum Gasteiger partial charge on any atom is -0.359 e. The number of benzene rings is 1. The molecule has 20 heavy (non-hydrogen) atoms. The quantitative estimate of drug-likeness (QED) is 0.877. The molecule has 1 amide bonds. The van der Waals surface area contributed by atoms with E-state index in [1.54, 1.807) is 7.05 Å². The molecule has 4 bridgehead atoms. The van der Waals surface area contributed by atoms with Crippen LogP contribution in [0.25, 0.3) is 0 Å². The largest absolute Gasteiger partial charge is 0.359 e. The fraction of sp³-hybridized carbons (Fsp3) is 0.611. The summed E-state index contributed by atoms with van der Waals surface area (Å²) >= 11 is 0. The lowest BCUT2D eigenvalue weighted by Crippen LogP contribution is -2.58. The Morgan fingerprint density at radius 2 is 1.75 bits per heavy atom. The molecule has 106 valence electrons. The molecule has 2 nitrogen and oxygen atoms in total. The highest BCUT2D eigenvalue weighted by molar-refractivity contribution is 5.83. The third-order valence-corrected chi connectivity index (χ3v) is 6.16. The second-order valence-electron chi connectivity index (χ2n) is 7.47. The van der Waals surface area contributed by atoms with Crippen molar-refractivity contribution in [2.75, 3.05) is 7.05 Å². The number of amides is 1. The van der Waals surface area contributed by atoms with Gasteiger partial charge >= 0.3 is 0 Å². The van der Waals surface area contributed by atoms with Gasteiger partial charge in [0.05, 0.1) is 5.41 Å². The third-order valence-electron chi connectivity index (χ3n) is 6.16. The van der Waals surface area contributed by atoms with E-state index in [4.69, 9.17) is 0 Å². The summed E-state index contributed by atoms with van der Waals surface area (Å²) in [5, 5.41) is 2.95. The van der Waals surface area contributed by atoms with Crippen molar-refractivity contribution >= 4 is 5.91 Å². The highest BCUT2D eigenvalue weighted by atomic mass is 16.2. The van der Waals surface area contributed by atoms with Gasteiger partial charge < -0.3 is 5.32 Å². The maximum atomic E-state index is 12.5. The summed E-state index contributed by atoms with van der Waals surface area (Å²) < 4.78 is 0. The van der Waals surface area contributed by atoms with Crippen LogP contribution in [0.1, 0.15) is 44.1 Å². The summed E-state index contributed by atoms with van der Waals surface area (Å²) in [7, 11) is 1.80. The molecule has 0 heterocycles. The van der Waals surface area contributed by atoms with Crippen molar-refractivity contribution in [3.63, 3.8) is 0 Å². The molecule has 5 rings (SSSR count). The van der Waals surface area contributed by atoms with Crippen LogP contribution in [0.15, 0.2) is 30.3 Å². The van der Waals surface area contributed by atoms with Crippen LogP contribution in [0.4, 0.5) is 0 Å². The van der Waals surface area contributed by atoms with Crippen LogP contribution in [-0.4, -0.2) is 13.0 Å². The number of carbonyl (C=O) groups is 1. The Labute approximate surface area is 121 Å². The lowest BCUT2D eigenvalue weighted by Gasteiger charge is -2.61. The molecule has 2 atom stereocenters. The van der Waals surface area contributed by atoms with E-state index in [1.807, 2.05) is 0 Å². The first kappa shape index (κ1) is 12.4. The van der Waals surface area contributed by atoms with Gasteiger partial charge in [-0.25, -0.2) is 0 Å². The second kappa shape index (κ2) is 4.09. The van der Waals surface area contributed by atoms with Gasteiger partial charge in [-0.3, -0.25) is 4.79 Å². The SMILES string of the molecule is CNC(=O)C12CC3CC(C1)CC(c1ccccc1)(C3)C2. The van der Waals surface area contributed by atoms with Gasteiger partial charge in [0.15, 0.2) is 0 Å². The Bertz CT molecular complexity index is 522. The van der Waals surface area contributed by atoms with Crippen molar-refractivity contribution in [3.8, 4) is 0 Å². The molecule has 1 aromatic rings. The molecule has 2 heteroatoms. The highest BCUT2D eigenvalue weighted by Gasteiger charge is 2.60. The maximum absolute atomic E-state index is 12.5. The molecular weight excluding hydrogens is 246 g/mol. The van der Waals surface area contributed by atoms with Crippen LogP contribution in [-0.2, 0) is 10.2 Å². The van der Waals surface area contributed by atoms with Gasteiger partial charge in [0.1, 0.15) is 0 Å². The van der Waals surface area contributed by atoms with Crippen LogP contribution in [0.3, 0.4) is 0 Å². The molecule has 0 aliphatic heterocycles. The van der Waals surface area contributed by atoms with Gasteiger partial charge in [0.25, 0.3) is 0 Å². The molecule has 1 N–H and O–H groups in total. The summed E-state index contributed by atoms with van der Waals surface area (Å²) in [5.41, 5.74) is 1.68. The second-order valence-corrected chi connectivity index (χ2v) is 7.47. The van der Waals surface area contributed by atoms with E-state index in [2.05, 4.69) is 35.6 Å². The number of hydrogen-bond donors (Lipinski definition) is 1. The predicted octanol–water partition coefficient (Wildman–Crippen LogP) is 3.27. The zero-order valence-electron chi connectivity index (χ0n) is 12.2. The Hall–Kier alpha value is -1.31. The molecule has 4 aliphatic rings. The smallest absolute Gasteiger partial charge is 0.226 e. The third kappa shape index (κ3) is 1.60. The van der Waals surface area contributed by atoms with E-state index in [1.165, 1.54) is 24.8 Å². The molecule has 1 aromatic carbocycles. The van der Waals surface area contributed by atoms with E-state index in [0.29, 0.717) is 5.91 Å². The topological polar surface area (TPSA) is 29.1 Å². The van der Waals surface area contributed by atoms with Crippen molar-refractivity contribution in [1.29, 1.82) is 0 Å². The zero-order valence-corrected chi connectivity index (χ0v) is 12.2. The minimum atomic E-state index is -0.0747. The van der Waals surface area contributed by atoms with Crippen molar-refractivity contribution < 1.29 is 4.79 Å². The number of hydrogen-bond acceptors (Lipinski definition) is 1. The Balaban J connectivity index is 1.78. The number of rotatable bonds is 2. The summed E-state index contributed by atoms with van der Waals surface area (Å²) in [6.45, 7) is 0. The number of carbonyl (C=O) groups excluding carboxylic acids is 1. The number of nitrogens with one attached hydrogen (secondary N) is 1. The van der Waals surface area contributed by atoms with Gasteiger partial charge in [0.2, 0.25) is 5.91 Å². The normalized spacial score (nSPS) is 41.6. The van der Waals surface area contributed by atoms with Crippen molar-refractivity contribution in [2.45, 2.75) is 43.9 Å². The highest BCUT2D eigenvalue weighted by Crippen LogP contribution is 2.65. The molecule has 4 saturated carbocycles. The first-order valence-corrected chi connectivity index (χ1v) is 7.94. The molecule has 4 fully saturated rings. The molecule has 4 aliphatic carbocycles. The van der Waals surface area contributed by atoms with Crippen molar-refractivity contribution in [1.82, 2.24) is 5.32 Å². The summed E-state index contributed by atoms with van der Waals surface area (Å²) in [4.78, 5) is 12.5. The maximum Gasteiger partial charge on any atom is 0.226 e. The molecule has 0 saturated heterocycles. The van der Waals surface area contributed by atoms with Crippen LogP contribution in [0.5, 0.6) is 0 Å². The van der Waals surface area contributed by atoms with E-state index in [9.17, 15) is 4.79 Å². The van der Waals surface area contributed by atoms with Crippen LogP contribution < -0.4 is 5.32 Å². The Morgan fingerprint density at radius 1 is 1.10 bits per heavy atom. The van der Waals surface area contributed by atoms with E-state index < -0.39 is 0 Å². The van der Waals surface area contributed by atoms with Crippen molar-refractivity contribution in [3.05, 3.63) is 35.9 Å². The minimum absolute atomic E-state index is 0.0747. The predicted molar refractivity (Wildman–Crippen MR) is 79.3 cm³/mol. The van der Waals surface area contributed by atoms with Gasteiger partial charge in [-0.1, -0.05) is 30.3 Å². The molecule has 0 radical (unpaired) electrons. The van der Waals surface area contributed by atoms with E-state index in [-0.39, 0.29) is 10.8 Å². The first-order chi connectivity index (χ1) is 9.66. The zero-order chi connectivity index (χ0) is 13.8. The van der Waals surface area contributed by atoms with Gasteiger partial charge in [-0.15, -0.1) is 0 Å². The van der Waals surface area contributed by atoms with Gasteiger partial charge in [-0.2, -0.15) is 0 Å². The first-order valence-electron chi connectivity index (χ1n) is 7.94. The van der Waals surface area contributed by atoms with Gasteiger partial charge in [-0.05, 0) is 61.3 Å². The molecule has 0 aromatic heterocycles. The Morgan fingerprint density at radius 3 is 2.35 bits per heavy atom. The fourth-order valence-electron chi connectivity index (χ4n) is 5.92. The summed E-state index contributed by atoms with van der Waals surface area (Å²) in [6, 6.07) is 11.0. The van der Waals surface area contributed by atoms with Crippen molar-refractivity contribution in [2.24, 2.45) is 17.3 Å². The van der Waals surface area contributed by atoms with E-state index >= 15 is 0 Å². The standard InChI is InChI=1S/C18H23NO/c1-19-16(20)18-10-13-7-14(11-18)9-17(8-13,12-18)15-5-3-2-4-6-15/h2-6,13-14H,7-12H2,1H3,(H,19,20). The summed E-state index contributed by atoms with van der Waals surface area (Å²) in [6.07, 6.45) is 7.26. The Kier molecular flexibility index (Phi) is 2.55. The molecule has 0 spiro atoms. The van der Waals surface area contributed by atoms with Crippen LogP contribution in [0, 0.1) is 17.3 Å². The molecular formula is C18H23NO. The lowest BCUT2D eigenvalue weighted by molar-refractivity contribution is -0.148. The van der Waals surface area contributed by atoms with E-state index in [0.717, 1.165) is 31.1 Å². The average Bonchev–Trinajstić information content (AvgIpc) is 2.46.